The Balaban J connectivity index is 2.80. The van der Waals surface area contributed by atoms with Crippen molar-refractivity contribution in [2.24, 2.45) is 5.73 Å². The molecule has 3 nitrogen and oxygen atoms in total. The summed E-state index contributed by atoms with van der Waals surface area (Å²) in [5.74, 6) is 0.920. The maximum Gasteiger partial charge on any atom is 0.112 e. The Hall–Kier alpha value is -0.540. The highest BCUT2D eigenvalue weighted by Gasteiger charge is 2.37. The van der Waals surface area contributed by atoms with Crippen LogP contribution in [-0.4, -0.2) is 24.9 Å². The van der Waals surface area contributed by atoms with Crippen LogP contribution in [0.4, 0.5) is 0 Å². The van der Waals surface area contributed by atoms with Gasteiger partial charge in [-0.25, -0.2) is 0 Å². The van der Waals surface area contributed by atoms with Crippen molar-refractivity contribution < 1.29 is 9.47 Å². The Labute approximate surface area is 99.0 Å². The van der Waals surface area contributed by atoms with Crippen LogP contribution in [0.1, 0.15) is 46.5 Å². The van der Waals surface area contributed by atoms with Crippen LogP contribution in [0.15, 0.2) is 11.8 Å². The van der Waals surface area contributed by atoms with Gasteiger partial charge in [0.25, 0.3) is 0 Å². The van der Waals surface area contributed by atoms with Gasteiger partial charge in [0.05, 0.1) is 18.2 Å². The molecule has 3 heteroatoms. The smallest absolute Gasteiger partial charge is 0.112 e. The van der Waals surface area contributed by atoms with Crippen molar-refractivity contribution in [3.63, 3.8) is 0 Å². The molecule has 0 aromatic rings. The molecule has 0 saturated carbocycles. The second-order valence-electron chi connectivity index (χ2n) is 4.28. The van der Waals surface area contributed by atoms with Gasteiger partial charge >= 0.3 is 0 Å². The van der Waals surface area contributed by atoms with Crippen LogP contribution in [0, 0.1) is 0 Å². The highest BCUT2D eigenvalue weighted by Crippen LogP contribution is 2.29. The van der Waals surface area contributed by atoms with Crippen LogP contribution in [0.5, 0.6) is 0 Å². The van der Waals surface area contributed by atoms with E-state index in [9.17, 15) is 0 Å². The lowest BCUT2D eigenvalue weighted by Crippen LogP contribution is -2.51. The topological polar surface area (TPSA) is 44.5 Å². The minimum atomic E-state index is -0.266. The molecule has 0 aliphatic carbocycles. The zero-order valence-electron chi connectivity index (χ0n) is 10.8. The number of nitrogens with two attached hydrogens (primary N) is 1. The maximum absolute atomic E-state index is 6.32. The average Bonchev–Trinajstić information content (AvgIpc) is 2.36. The summed E-state index contributed by atoms with van der Waals surface area (Å²) >= 11 is 0. The predicted molar refractivity (Wildman–Crippen MR) is 66.2 cm³/mol. The van der Waals surface area contributed by atoms with Crippen LogP contribution < -0.4 is 5.73 Å². The molecule has 1 aliphatic rings. The van der Waals surface area contributed by atoms with E-state index in [4.69, 9.17) is 15.2 Å². The Morgan fingerprint density at radius 2 is 2.12 bits per heavy atom. The molecule has 0 bridgehead atoms. The van der Waals surface area contributed by atoms with Gasteiger partial charge in [-0.3, -0.25) is 0 Å². The highest BCUT2D eigenvalue weighted by molar-refractivity contribution is 5.12. The van der Waals surface area contributed by atoms with Gasteiger partial charge in [-0.1, -0.05) is 13.8 Å². The van der Waals surface area contributed by atoms with E-state index >= 15 is 0 Å². The Kier molecular flexibility index (Phi) is 5.29. The van der Waals surface area contributed by atoms with Gasteiger partial charge in [-0.05, 0) is 38.7 Å². The molecule has 0 spiro atoms. The highest BCUT2D eigenvalue weighted by atomic mass is 16.5. The average molecular weight is 227 g/mol. The molecule has 1 heterocycles. The summed E-state index contributed by atoms with van der Waals surface area (Å²) < 4.78 is 11.5. The van der Waals surface area contributed by atoms with Gasteiger partial charge in [0.2, 0.25) is 0 Å². The van der Waals surface area contributed by atoms with Crippen molar-refractivity contribution in [2.45, 2.75) is 58.1 Å². The fraction of sp³-hybridized carbons (Fsp3) is 0.846. The molecule has 0 amide bonds. The molecular formula is C13H25NO2. The summed E-state index contributed by atoms with van der Waals surface area (Å²) in [4.78, 5) is 0. The second kappa shape index (κ2) is 6.26. The first kappa shape index (κ1) is 13.5. The first-order valence-corrected chi connectivity index (χ1v) is 6.42. The standard InChI is InChI=1S/C13H25NO2/c1-4-13(5-2,16-6-3)12(14)11-9-7-8-10-15-11/h9,12H,4-8,10,14H2,1-3H3. The van der Waals surface area contributed by atoms with Crippen molar-refractivity contribution in [1.82, 2.24) is 0 Å². The van der Waals surface area contributed by atoms with E-state index < -0.39 is 0 Å². The van der Waals surface area contributed by atoms with Crippen LogP contribution in [0.25, 0.3) is 0 Å². The lowest BCUT2D eigenvalue weighted by Gasteiger charge is -2.38. The Morgan fingerprint density at radius 1 is 1.44 bits per heavy atom. The van der Waals surface area contributed by atoms with E-state index in [1.807, 2.05) is 6.92 Å². The molecule has 0 fully saturated rings. The summed E-state index contributed by atoms with van der Waals surface area (Å²) in [6, 6.07) is -0.136. The maximum atomic E-state index is 6.32. The summed E-state index contributed by atoms with van der Waals surface area (Å²) in [5.41, 5.74) is 6.05. The lowest BCUT2D eigenvalue weighted by atomic mass is 9.86. The zero-order chi connectivity index (χ0) is 12.0. The molecule has 1 aliphatic heterocycles. The third kappa shape index (κ3) is 2.77. The molecule has 0 saturated heterocycles. The van der Waals surface area contributed by atoms with Crippen molar-refractivity contribution in [3.8, 4) is 0 Å². The van der Waals surface area contributed by atoms with Crippen LogP contribution in [0.3, 0.4) is 0 Å². The first-order chi connectivity index (χ1) is 7.70. The number of hydrogen-bond acceptors (Lipinski definition) is 3. The molecule has 1 atom stereocenters. The summed E-state index contributed by atoms with van der Waals surface area (Å²) in [6.45, 7) is 7.76. The van der Waals surface area contributed by atoms with Crippen LogP contribution in [0.2, 0.25) is 0 Å². The van der Waals surface area contributed by atoms with Gasteiger partial charge in [0, 0.05) is 6.61 Å². The van der Waals surface area contributed by atoms with Crippen molar-refractivity contribution >= 4 is 0 Å². The lowest BCUT2D eigenvalue weighted by molar-refractivity contribution is -0.0669. The third-order valence-electron chi connectivity index (χ3n) is 3.46. The molecule has 16 heavy (non-hydrogen) atoms. The molecule has 0 radical (unpaired) electrons. The molecule has 0 aromatic carbocycles. The molecule has 0 aromatic heterocycles. The number of allylic oxidation sites excluding steroid dienone is 1. The van der Waals surface area contributed by atoms with Crippen LogP contribution >= 0.6 is 0 Å². The summed E-state index contributed by atoms with van der Waals surface area (Å²) in [5, 5.41) is 0. The fourth-order valence-corrected chi connectivity index (χ4v) is 2.32. The predicted octanol–water partition coefficient (Wildman–Crippen LogP) is 2.60. The molecule has 1 unspecified atom stereocenters. The van der Waals surface area contributed by atoms with E-state index in [0.717, 1.165) is 38.0 Å². The van der Waals surface area contributed by atoms with Crippen LogP contribution in [-0.2, 0) is 9.47 Å². The second-order valence-corrected chi connectivity index (χ2v) is 4.28. The normalized spacial score (nSPS) is 18.9. The summed E-state index contributed by atoms with van der Waals surface area (Å²) in [6.07, 6.45) is 6.11. The molecule has 2 N–H and O–H groups in total. The SMILES string of the molecule is CCOC(CC)(CC)C(N)C1=CCCCO1. The molecule has 94 valence electrons. The number of hydrogen-bond donors (Lipinski definition) is 1. The van der Waals surface area contributed by atoms with Gasteiger partial charge < -0.3 is 15.2 Å². The van der Waals surface area contributed by atoms with E-state index in [1.54, 1.807) is 0 Å². The minimum Gasteiger partial charge on any atom is -0.496 e. The molecular weight excluding hydrogens is 202 g/mol. The minimum absolute atomic E-state index is 0.136. The zero-order valence-corrected chi connectivity index (χ0v) is 10.8. The summed E-state index contributed by atoms with van der Waals surface area (Å²) in [7, 11) is 0. The quantitative estimate of drug-likeness (QED) is 0.758. The van der Waals surface area contributed by atoms with E-state index in [-0.39, 0.29) is 11.6 Å². The largest absolute Gasteiger partial charge is 0.496 e. The Bertz CT molecular complexity index is 234. The number of rotatable bonds is 6. The van der Waals surface area contributed by atoms with E-state index in [0.29, 0.717) is 6.61 Å². The van der Waals surface area contributed by atoms with Crippen molar-refractivity contribution in [1.29, 1.82) is 0 Å². The van der Waals surface area contributed by atoms with E-state index in [1.165, 1.54) is 0 Å². The number of ether oxygens (including phenoxy) is 2. The Morgan fingerprint density at radius 3 is 2.56 bits per heavy atom. The molecule has 1 rings (SSSR count). The first-order valence-electron chi connectivity index (χ1n) is 6.42. The third-order valence-corrected chi connectivity index (χ3v) is 3.46. The van der Waals surface area contributed by atoms with E-state index in [2.05, 4.69) is 19.9 Å². The fourth-order valence-electron chi connectivity index (χ4n) is 2.32. The van der Waals surface area contributed by atoms with Gasteiger partial charge in [0.15, 0.2) is 0 Å². The van der Waals surface area contributed by atoms with Gasteiger partial charge in [0.1, 0.15) is 5.76 Å². The van der Waals surface area contributed by atoms with Gasteiger partial charge in [-0.2, -0.15) is 0 Å². The van der Waals surface area contributed by atoms with Crippen molar-refractivity contribution in [3.05, 3.63) is 11.8 Å². The monoisotopic (exact) mass is 227 g/mol. The van der Waals surface area contributed by atoms with Gasteiger partial charge in [-0.15, -0.1) is 0 Å². The van der Waals surface area contributed by atoms with Crippen molar-refractivity contribution in [2.75, 3.05) is 13.2 Å².